The number of nitriles is 1. The van der Waals surface area contributed by atoms with Gasteiger partial charge in [-0.05, 0) is 80.3 Å². The number of rotatable bonds is 7. The van der Waals surface area contributed by atoms with Crippen LogP contribution in [-0.4, -0.2) is 72.5 Å². The first-order valence-electron chi connectivity index (χ1n) is 14.6. The highest BCUT2D eigenvalue weighted by Crippen LogP contribution is 2.43. The Morgan fingerprint density at radius 1 is 1.12 bits per heavy atom. The Labute approximate surface area is 249 Å². The molecule has 0 aliphatic carbocycles. The van der Waals surface area contributed by atoms with E-state index in [1.54, 1.807) is 20.2 Å². The Balaban J connectivity index is 1.16. The van der Waals surface area contributed by atoms with Crippen molar-refractivity contribution in [1.29, 1.82) is 5.26 Å². The quantitative estimate of drug-likeness (QED) is 0.324. The third kappa shape index (κ3) is 5.48. The molecule has 1 unspecified atom stereocenters. The van der Waals surface area contributed by atoms with Crippen LogP contribution < -0.4 is 15.2 Å². The number of carbonyl (C=O) groups is 1. The second-order valence-corrected chi connectivity index (χ2v) is 12.0. The lowest BCUT2D eigenvalue weighted by Gasteiger charge is -2.26. The number of anilines is 1. The van der Waals surface area contributed by atoms with Crippen LogP contribution in [0, 0.1) is 29.5 Å². The lowest BCUT2D eigenvalue weighted by Crippen LogP contribution is -2.33. The molecule has 1 amide bonds. The normalized spacial score (nSPS) is 18.4. The van der Waals surface area contributed by atoms with Gasteiger partial charge in [-0.25, -0.2) is 4.39 Å². The summed E-state index contributed by atoms with van der Waals surface area (Å²) in [6.07, 6.45) is 4.46. The number of H-pyrrole nitrogens is 2. The highest BCUT2D eigenvalue weighted by molar-refractivity contribution is 5.96. The van der Waals surface area contributed by atoms with E-state index in [0.717, 1.165) is 62.4 Å². The molecule has 2 N–H and O–H groups in total. The van der Waals surface area contributed by atoms with E-state index in [0.29, 0.717) is 23.7 Å². The minimum Gasteiger partial charge on any atom is -0.454 e. The minimum absolute atomic E-state index is 0.0722. The Morgan fingerprint density at radius 2 is 1.93 bits per heavy atom. The van der Waals surface area contributed by atoms with Gasteiger partial charge >= 0.3 is 0 Å². The maximum Gasteiger partial charge on any atom is 0.275 e. The number of pyridine rings is 1. The van der Waals surface area contributed by atoms with Gasteiger partial charge in [-0.1, -0.05) is 6.07 Å². The van der Waals surface area contributed by atoms with Crippen molar-refractivity contribution in [2.75, 3.05) is 51.7 Å². The van der Waals surface area contributed by atoms with Crippen LogP contribution in [0.2, 0.25) is 0 Å². The second kappa shape index (κ2) is 11.2. The summed E-state index contributed by atoms with van der Waals surface area (Å²) >= 11 is 0. The topological polar surface area (TPSA) is 108 Å². The fourth-order valence-corrected chi connectivity index (χ4v) is 6.63. The van der Waals surface area contributed by atoms with Crippen LogP contribution in [0.4, 0.5) is 10.1 Å². The summed E-state index contributed by atoms with van der Waals surface area (Å²) in [7, 11) is 3.19. The molecular formula is C33H35FN6O3. The molecule has 9 nitrogen and oxygen atoms in total. The number of fused-ring (bicyclic) bond motifs is 1. The number of aromatic nitrogens is 2. The molecule has 2 aromatic heterocycles. The van der Waals surface area contributed by atoms with Gasteiger partial charge in [-0.2, -0.15) is 5.26 Å². The lowest BCUT2D eigenvalue weighted by atomic mass is 9.86. The van der Waals surface area contributed by atoms with Crippen molar-refractivity contribution >= 4 is 22.5 Å². The fraction of sp³-hybridized carbons (Fsp3) is 0.364. The summed E-state index contributed by atoms with van der Waals surface area (Å²) in [5.41, 5.74) is 4.40. The highest BCUT2D eigenvalue weighted by Gasteiger charge is 2.44. The highest BCUT2D eigenvalue weighted by atomic mass is 19.1. The zero-order chi connectivity index (χ0) is 30.3. The van der Waals surface area contributed by atoms with Crippen LogP contribution in [0.25, 0.3) is 10.9 Å². The SMILES string of the molecule is Cc1c(CCN2CCC3(CCN(c4c(Oc5ccc(F)cc5C(=O)N(C)C)cc[nH]c4=O)C3)C2)ccc2[nH]c(C#N)cc12. The van der Waals surface area contributed by atoms with Crippen LogP contribution in [0.15, 0.2) is 53.5 Å². The van der Waals surface area contributed by atoms with Crippen LogP contribution in [0.3, 0.4) is 0 Å². The number of hydrogen-bond donors (Lipinski definition) is 2. The Bertz CT molecular complexity index is 1800. The molecule has 2 aliphatic rings. The van der Waals surface area contributed by atoms with E-state index < -0.39 is 5.82 Å². The van der Waals surface area contributed by atoms with Crippen molar-refractivity contribution in [3.63, 3.8) is 0 Å². The molecule has 0 bridgehead atoms. The number of nitrogens with zero attached hydrogens (tertiary/aromatic N) is 4. The summed E-state index contributed by atoms with van der Waals surface area (Å²) in [6.45, 7) is 6.46. The van der Waals surface area contributed by atoms with E-state index in [4.69, 9.17) is 4.74 Å². The van der Waals surface area contributed by atoms with Crippen molar-refractivity contribution in [2.24, 2.45) is 5.41 Å². The number of nitrogens with one attached hydrogen (secondary N) is 2. The van der Waals surface area contributed by atoms with Crippen LogP contribution in [0.5, 0.6) is 11.5 Å². The molecule has 0 radical (unpaired) electrons. The molecule has 222 valence electrons. The number of aromatic amines is 2. The van der Waals surface area contributed by atoms with Gasteiger partial charge in [0.05, 0.1) is 5.56 Å². The molecule has 6 rings (SSSR count). The Morgan fingerprint density at radius 3 is 2.72 bits per heavy atom. The lowest BCUT2D eigenvalue weighted by molar-refractivity contribution is 0.0824. The Hall–Kier alpha value is -4.62. The predicted molar refractivity (Wildman–Crippen MR) is 163 cm³/mol. The van der Waals surface area contributed by atoms with Gasteiger partial charge in [-0.15, -0.1) is 0 Å². The third-order valence-electron chi connectivity index (χ3n) is 8.97. The largest absolute Gasteiger partial charge is 0.454 e. The molecule has 2 aliphatic heterocycles. The molecule has 2 aromatic carbocycles. The average Bonchev–Trinajstić information content (AvgIpc) is 3.72. The molecule has 4 aromatic rings. The summed E-state index contributed by atoms with van der Waals surface area (Å²) < 4.78 is 20.2. The van der Waals surface area contributed by atoms with E-state index in [9.17, 15) is 19.2 Å². The monoisotopic (exact) mass is 582 g/mol. The van der Waals surface area contributed by atoms with E-state index in [1.165, 1.54) is 34.4 Å². The fourth-order valence-electron chi connectivity index (χ4n) is 6.63. The molecule has 10 heteroatoms. The first-order chi connectivity index (χ1) is 20.7. The van der Waals surface area contributed by atoms with Gasteiger partial charge < -0.3 is 29.4 Å². The summed E-state index contributed by atoms with van der Waals surface area (Å²) in [5, 5.41) is 10.3. The van der Waals surface area contributed by atoms with Crippen molar-refractivity contribution in [3.05, 3.63) is 87.2 Å². The van der Waals surface area contributed by atoms with Gasteiger partial charge in [0.25, 0.3) is 11.5 Å². The molecule has 4 heterocycles. The van der Waals surface area contributed by atoms with E-state index >= 15 is 0 Å². The van der Waals surface area contributed by atoms with Crippen LogP contribution >= 0.6 is 0 Å². The number of hydrogen-bond acceptors (Lipinski definition) is 6. The van der Waals surface area contributed by atoms with Gasteiger partial charge in [-0.3, -0.25) is 9.59 Å². The van der Waals surface area contributed by atoms with Crippen molar-refractivity contribution in [3.8, 4) is 17.6 Å². The molecular weight excluding hydrogens is 547 g/mol. The summed E-state index contributed by atoms with van der Waals surface area (Å²) in [6, 6.07) is 13.8. The molecule has 1 spiro atoms. The number of ether oxygens (including phenoxy) is 1. The zero-order valence-corrected chi connectivity index (χ0v) is 24.7. The minimum atomic E-state index is -0.538. The van der Waals surface area contributed by atoms with Crippen molar-refractivity contribution < 1.29 is 13.9 Å². The number of carbonyl (C=O) groups excluding carboxylic acids is 1. The molecule has 2 fully saturated rings. The molecule has 43 heavy (non-hydrogen) atoms. The summed E-state index contributed by atoms with van der Waals surface area (Å²) in [5.74, 6) is -0.387. The Kier molecular flexibility index (Phi) is 7.44. The van der Waals surface area contributed by atoms with E-state index in [1.807, 2.05) is 6.07 Å². The van der Waals surface area contributed by atoms with Gasteiger partial charge in [0.2, 0.25) is 0 Å². The number of aryl methyl sites for hydroxylation is 1. The maximum atomic E-state index is 14.0. The van der Waals surface area contributed by atoms with E-state index in [2.05, 4.69) is 44.9 Å². The standard InChI is InChI=1S/C33H35FN6O3/c1-21-22(4-6-27-25(21)17-24(18-35)37-27)9-13-39-14-10-33(19-39)11-15-40(20-33)30-29(8-12-36-31(30)41)43-28-7-5-23(34)16-26(28)32(42)38(2)3/h4-8,12,16-17,37H,9-11,13-15,19-20H2,1-3H3,(H,36,41). The number of halogens is 1. The summed E-state index contributed by atoms with van der Waals surface area (Å²) in [4.78, 5) is 37.8. The van der Waals surface area contributed by atoms with Gasteiger partial charge in [0.1, 0.15) is 29.0 Å². The van der Waals surface area contributed by atoms with Gasteiger partial charge in [0, 0.05) is 62.8 Å². The first kappa shape index (κ1) is 28.5. The molecule has 2 saturated heterocycles. The number of benzene rings is 2. The van der Waals surface area contributed by atoms with Crippen LogP contribution in [-0.2, 0) is 6.42 Å². The zero-order valence-electron chi connectivity index (χ0n) is 24.7. The first-order valence-corrected chi connectivity index (χ1v) is 14.6. The smallest absolute Gasteiger partial charge is 0.275 e. The molecule has 0 saturated carbocycles. The van der Waals surface area contributed by atoms with Crippen LogP contribution in [0.1, 0.15) is 40.0 Å². The third-order valence-corrected chi connectivity index (χ3v) is 8.97. The molecule has 1 atom stereocenters. The second-order valence-electron chi connectivity index (χ2n) is 12.0. The maximum absolute atomic E-state index is 14.0. The predicted octanol–water partition coefficient (Wildman–Crippen LogP) is 4.81. The average molecular weight is 583 g/mol. The number of amides is 1. The van der Waals surface area contributed by atoms with E-state index in [-0.39, 0.29) is 28.2 Å². The van der Waals surface area contributed by atoms with Gasteiger partial charge in [0.15, 0.2) is 5.75 Å². The van der Waals surface area contributed by atoms with Crippen molar-refractivity contribution in [2.45, 2.75) is 26.2 Å². The number of likely N-dealkylation sites (tertiary alicyclic amines) is 1. The van der Waals surface area contributed by atoms with Crippen molar-refractivity contribution in [1.82, 2.24) is 19.8 Å².